The first kappa shape index (κ1) is 13.4. The van der Waals surface area contributed by atoms with Crippen LogP contribution < -0.4 is 9.47 Å². The lowest BCUT2D eigenvalue weighted by atomic mass is 9.89. The van der Waals surface area contributed by atoms with Crippen LogP contribution in [-0.4, -0.2) is 18.4 Å². The maximum atomic E-state index is 12.6. The average molecular weight is 282 g/mol. The highest BCUT2D eigenvalue weighted by atomic mass is 16.5. The molecule has 0 fully saturated rings. The summed E-state index contributed by atoms with van der Waals surface area (Å²) in [5.41, 5.74) is 1.46. The average Bonchev–Trinajstić information content (AvgIpc) is 2.48. The minimum Gasteiger partial charge on any atom is -0.492 e. The lowest BCUT2D eigenvalue weighted by molar-refractivity contribution is -0.131. The van der Waals surface area contributed by atoms with Crippen LogP contribution >= 0.6 is 0 Å². The number of carbonyl (C=O) groups is 2. The molecule has 106 valence electrons. The number of esters is 1. The Hall–Kier alpha value is -2.62. The predicted molar refractivity (Wildman–Crippen MR) is 76.8 cm³/mol. The Morgan fingerprint density at radius 3 is 2.67 bits per heavy atom. The topological polar surface area (TPSA) is 52.6 Å². The zero-order valence-electron chi connectivity index (χ0n) is 11.5. The summed E-state index contributed by atoms with van der Waals surface area (Å²) in [5, 5.41) is 0. The highest BCUT2D eigenvalue weighted by Crippen LogP contribution is 2.34. The molecule has 3 rings (SSSR count). The van der Waals surface area contributed by atoms with Crippen LogP contribution in [0.15, 0.2) is 48.5 Å². The van der Waals surface area contributed by atoms with Crippen molar-refractivity contribution in [2.75, 3.05) is 6.61 Å². The first-order valence-electron chi connectivity index (χ1n) is 6.69. The Morgan fingerprint density at radius 1 is 1.19 bits per heavy atom. The fraction of sp³-hybridized carbons (Fsp3) is 0.176. The summed E-state index contributed by atoms with van der Waals surface area (Å²) in [7, 11) is 0. The highest BCUT2D eigenvalue weighted by Gasteiger charge is 2.30. The Morgan fingerprint density at radius 2 is 1.95 bits per heavy atom. The lowest BCUT2D eigenvalue weighted by Gasteiger charge is -2.24. The quantitative estimate of drug-likeness (QED) is 0.627. The zero-order chi connectivity index (χ0) is 14.8. The van der Waals surface area contributed by atoms with E-state index >= 15 is 0 Å². The van der Waals surface area contributed by atoms with Gasteiger partial charge in [-0.3, -0.25) is 9.59 Å². The summed E-state index contributed by atoms with van der Waals surface area (Å²) in [5.74, 6) is 0.174. The van der Waals surface area contributed by atoms with Gasteiger partial charge in [-0.15, -0.1) is 0 Å². The molecule has 0 saturated carbocycles. The van der Waals surface area contributed by atoms with Crippen molar-refractivity contribution in [2.45, 2.75) is 12.8 Å². The second kappa shape index (κ2) is 5.40. The Balaban J connectivity index is 1.91. The molecular formula is C17H14O4. The van der Waals surface area contributed by atoms with Gasteiger partial charge in [0.05, 0.1) is 11.5 Å². The van der Waals surface area contributed by atoms with Gasteiger partial charge < -0.3 is 9.47 Å². The van der Waals surface area contributed by atoms with Crippen LogP contribution in [0.2, 0.25) is 0 Å². The maximum absolute atomic E-state index is 12.6. The molecule has 1 aliphatic heterocycles. The second-order valence-electron chi connectivity index (χ2n) is 4.89. The van der Waals surface area contributed by atoms with E-state index in [1.807, 2.05) is 30.3 Å². The molecule has 2 aromatic rings. The van der Waals surface area contributed by atoms with Gasteiger partial charge in [-0.05, 0) is 17.7 Å². The number of Topliss-reactive ketones (excluding diaryl/α,β-unsaturated/α-hetero) is 1. The molecular weight excluding hydrogens is 268 g/mol. The second-order valence-corrected chi connectivity index (χ2v) is 4.89. The zero-order valence-corrected chi connectivity index (χ0v) is 11.5. The van der Waals surface area contributed by atoms with Gasteiger partial charge in [-0.1, -0.05) is 30.3 Å². The van der Waals surface area contributed by atoms with Gasteiger partial charge in [0.25, 0.3) is 0 Å². The molecule has 0 bridgehead atoms. The largest absolute Gasteiger partial charge is 0.492 e. The van der Waals surface area contributed by atoms with Crippen LogP contribution in [0.25, 0.3) is 0 Å². The van der Waals surface area contributed by atoms with Crippen LogP contribution in [0.4, 0.5) is 0 Å². The number of fused-ring (bicyclic) bond motifs is 1. The van der Waals surface area contributed by atoms with E-state index in [4.69, 9.17) is 9.47 Å². The van der Waals surface area contributed by atoms with Crippen LogP contribution in [0.3, 0.4) is 0 Å². The van der Waals surface area contributed by atoms with Crippen molar-refractivity contribution >= 4 is 11.8 Å². The number of ether oxygens (including phenoxy) is 2. The first-order chi connectivity index (χ1) is 10.1. The van der Waals surface area contributed by atoms with E-state index in [1.165, 1.54) is 6.92 Å². The summed E-state index contributed by atoms with van der Waals surface area (Å²) in [4.78, 5) is 23.5. The smallest absolute Gasteiger partial charge is 0.308 e. The minimum absolute atomic E-state index is 0.0248. The summed E-state index contributed by atoms with van der Waals surface area (Å²) >= 11 is 0. The Bertz CT molecular complexity index is 691. The van der Waals surface area contributed by atoms with Gasteiger partial charge in [-0.25, -0.2) is 0 Å². The molecule has 21 heavy (non-hydrogen) atoms. The lowest BCUT2D eigenvalue weighted by Crippen LogP contribution is -2.26. The van der Waals surface area contributed by atoms with Crippen molar-refractivity contribution in [2.24, 2.45) is 0 Å². The predicted octanol–water partition coefficient (Wildman–Crippen LogP) is 2.97. The minimum atomic E-state index is -0.403. The SMILES string of the molecule is CC(=O)Oc1ccc2c(c1)OC[C@@H](c1ccccc1)C2=O. The van der Waals surface area contributed by atoms with E-state index in [0.717, 1.165) is 5.56 Å². The van der Waals surface area contributed by atoms with Crippen LogP contribution in [-0.2, 0) is 4.79 Å². The fourth-order valence-corrected chi connectivity index (χ4v) is 2.42. The number of hydrogen-bond donors (Lipinski definition) is 0. The molecule has 0 saturated heterocycles. The van der Waals surface area contributed by atoms with E-state index in [1.54, 1.807) is 18.2 Å². The molecule has 2 aromatic carbocycles. The van der Waals surface area contributed by atoms with Crippen molar-refractivity contribution in [1.29, 1.82) is 0 Å². The van der Waals surface area contributed by atoms with Crippen molar-refractivity contribution in [3.05, 3.63) is 59.7 Å². The standard InChI is InChI=1S/C17H14O4/c1-11(18)21-13-7-8-14-16(9-13)20-10-15(17(14)19)12-5-3-2-4-6-12/h2-9,15H,10H2,1H3/t15-/m0/s1. The molecule has 1 aliphatic rings. The van der Waals surface area contributed by atoms with Crippen molar-refractivity contribution < 1.29 is 19.1 Å². The normalized spacial score (nSPS) is 16.8. The molecule has 0 aromatic heterocycles. The highest BCUT2D eigenvalue weighted by molar-refractivity contribution is 6.04. The molecule has 4 heteroatoms. The molecule has 1 atom stereocenters. The molecule has 0 spiro atoms. The van der Waals surface area contributed by atoms with Gasteiger partial charge >= 0.3 is 5.97 Å². The number of carbonyl (C=O) groups excluding carboxylic acids is 2. The number of benzene rings is 2. The number of rotatable bonds is 2. The van der Waals surface area contributed by atoms with E-state index in [0.29, 0.717) is 23.7 Å². The third-order valence-electron chi connectivity index (χ3n) is 3.40. The monoisotopic (exact) mass is 282 g/mol. The van der Waals surface area contributed by atoms with Crippen molar-refractivity contribution in [3.63, 3.8) is 0 Å². The van der Waals surface area contributed by atoms with Gasteiger partial charge in [0.1, 0.15) is 18.1 Å². The first-order valence-corrected chi connectivity index (χ1v) is 6.69. The summed E-state index contributed by atoms with van der Waals surface area (Å²) < 4.78 is 10.7. The van der Waals surface area contributed by atoms with Crippen LogP contribution in [0.5, 0.6) is 11.5 Å². The molecule has 0 radical (unpaired) electrons. The molecule has 0 unspecified atom stereocenters. The molecule has 0 amide bonds. The van der Waals surface area contributed by atoms with E-state index in [9.17, 15) is 9.59 Å². The molecule has 0 N–H and O–H groups in total. The third-order valence-corrected chi connectivity index (χ3v) is 3.40. The van der Waals surface area contributed by atoms with Crippen LogP contribution in [0, 0.1) is 0 Å². The van der Waals surface area contributed by atoms with Gasteiger partial charge in [0, 0.05) is 13.0 Å². The van der Waals surface area contributed by atoms with Gasteiger partial charge in [0.15, 0.2) is 5.78 Å². The van der Waals surface area contributed by atoms with Crippen LogP contribution in [0.1, 0.15) is 28.8 Å². The van der Waals surface area contributed by atoms with E-state index in [2.05, 4.69) is 0 Å². The Kier molecular flexibility index (Phi) is 3.44. The molecule has 1 heterocycles. The summed E-state index contributed by atoms with van der Waals surface area (Å²) in [6.07, 6.45) is 0. The number of ketones is 1. The summed E-state index contributed by atoms with van der Waals surface area (Å²) in [6.45, 7) is 1.62. The maximum Gasteiger partial charge on any atom is 0.308 e. The Labute approximate surface area is 122 Å². The number of hydrogen-bond acceptors (Lipinski definition) is 4. The molecule has 0 aliphatic carbocycles. The molecule has 4 nitrogen and oxygen atoms in total. The van der Waals surface area contributed by atoms with E-state index < -0.39 is 5.97 Å². The van der Waals surface area contributed by atoms with Crippen molar-refractivity contribution in [1.82, 2.24) is 0 Å². The van der Waals surface area contributed by atoms with E-state index in [-0.39, 0.29) is 11.7 Å². The van der Waals surface area contributed by atoms with Gasteiger partial charge in [0.2, 0.25) is 0 Å². The third kappa shape index (κ3) is 2.65. The summed E-state index contributed by atoms with van der Waals surface area (Å²) in [6, 6.07) is 14.4. The fourth-order valence-electron chi connectivity index (χ4n) is 2.42. The van der Waals surface area contributed by atoms with Crippen molar-refractivity contribution in [3.8, 4) is 11.5 Å². The van der Waals surface area contributed by atoms with Gasteiger partial charge in [-0.2, -0.15) is 0 Å².